The molecule has 3 amide bonds. The van der Waals surface area contributed by atoms with E-state index in [2.05, 4.69) is 48.6 Å². The van der Waals surface area contributed by atoms with Crippen LogP contribution in [0.15, 0.2) is 72.8 Å². The van der Waals surface area contributed by atoms with Crippen molar-refractivity contribution in [1.82, 2.24) is 15.1 Å². The third-order valence-electron chi connectivity index (χ3n) is 9.16. The van der Waals surface area contributed by atoms with Gasteiger partial charge in [-0.3, -0.25) is 4.79 Å². The van der Waals surface area contributed by atoms with Gasteiger partial charge in [-0.15, -0.1) is 0 Å². The Balaban J connectivity index is 1.40. The summed E-state index contributed by atoms with van der Waals surface area (Å²) in [5.74, 6) is -1.07. The lowest BCUT2D eigenvalue weighted by Gasteiger charge is -2.35. The molecule has 2 aliphatic rings. The Bertz CT molecular complexity index is 1460. The molecule has 5 rings (SSSR count). The van der Waals surface area contributed by atoms with Crippen LogP contribution in [0.3, 0.4) is 0 Å². The van der Waals surface area contributed by atoms with E-state index in [9.17, 15) is 19.5 Å². The first-order valence-corrected chi connectivity index (χ1v) is 15.8. The largest absolute Gasteiger partial charge is 0.481 e. The van der Waals surface area contributed by atoms with Crippen LogP contribution in [0.25, 0.3) is 10.8 Å². The van der Waals surface area contributed by atoms with Crippen molar-refractivity contribution < 1.29 is 24.2 Å². The van der Waals surface area contributed by atoms with Crippen LogP contribution in [-0.4, -0.2) is 64.3 Å². The zero-order valence-corrected chi connectivity index (χ0v) is 26.2. The molecule has 1 saturated heterocycles. The lowest BCUT2D eigenvalue weighted by Crippen LogP contribution is -2.46. The molecule has 3 atom stereocenters. The first kappa shape index (κ1) is 31.4. The highest BCUT2D eigenvalue weighted by Crippen LogP contribution is 2.37. The predicted molar refractivity (Wildman–Crippen MR) is 171 cm³/mol. The lowest BCUT2D eigenvalue weighted by atomic mass is 9.86. The number of urea groups is 1. The second-order valence-electron chi connectivity index (χ2n) is 13.4. The Morgan fingerprint density at radius 2 is 1.59 bits per heavy atom. The van der Waals surface area contributed by atoms with Crippen LogP contribution in [0, 0.1) is 11.8 Å². The fourth-order valence-electron chi connectivity index (χ4n) is 6.80. The number of fused-ring (bicyclic) bond motifs is 1. The van der Waals surface area contributed by atoms with E-state index in [4.69, 9.17) is 4.74 Å². The number of carboxylic acid groups (broad SMARTS) is 1. The van der Waals surface area contributed by atoms with E-state index in [1.807, 2.05) is 67.0 Å². The standard InChI is InChI=1S/C36H45N3O5/c1-24(30-16-10-14-25-13-8-9-15-31(25)30)39(35(43)44-36(2,3)4)22-28-21-38(23-32(28)26-11-6-5-7-12-26)34(42)37-29-19-17-27(18-20-29)33(40)41/h5-16,24,27-29,32H,17-23H2,1-4H3,(H,37,42)(H,40,41)/t24-,27?,28-,29?,32-/m1/s1. The molecule has 0 spiro atoms. The number of amides is 3. The van der Waals surface area contributed by atoms with Gasteiger partial charge in [0.25, 0.3) is 0 Å². The molecule has 8 nitrogen and oxygen atoms in total. The van der Waals surface area contributed by atoms with Crippen molar-refractivity contribution in [2.75, 3.05) is 19.6 Å². The van der Waals surface area contributed by atoms with E-state index in [1.54, 1.807) is 0 Å². The topological polar surface area (TPSA) is 99.2 Å². The van der Waals surface area contributed by atoms with Crippen molar-refractivity contribution in [3.8, 4) is 0 Å². The minimum absolute atomic E-state index is 0.0177. The number of benzene rings is 3. The van der Waals surface area contributed by atoms with Gasteiger partial charge in [0, 0.05) is 37.5 Å². The maximum atomic E-state index is 13.9. The number of carbonyl (C=O) groups is 3. The minimum Gasteiger partial charge on any atom is -0.481 e. The second kappa shape index (κ2) is 13.3. The molecule has 1 saturated carbocycles. The van der Waals surface area contributed by atoms with Crippen molar-refractivity contribution >= 4 is 28.9 Å². The SMILES string of the molecule is C[C@H](c1cccc2ccccc12)N(C[C@H]1CN(C(=O)NC2CCC(C(=O)O)CC2)C[C@@H]1c1ccccc1)C(=O)OC(C)(C)C. The van der Waals surface area contributed by atoms with E-state index in [0.717, 1.165) is 21.9 Å². The summed E-state index contributed by atoms with van der Waals surface area (Å²) in [5.41, 5.74) is 1.53. The van der Waals surface area contributed by atoms with Crippen LogP contribution in [0.5, 0.6) is 0 Å². The summed E-state index contributed by atoms with van der Waals surface area (Å²) in [6.45, 7) is 9.15. The fraction of sp³-hybridized carbons (Fsp3) is 0.472. The second-order valence-corrected chi connectivity index (χ2v) is 13.4. The third kappa shape index (κ3) is 7.34. The van der Waals surface area contributed by atoms with Crippen LogP contribution in [0.1, 0.15) is 76.5 Å². The number of likely N-dealkylation sites (tertiary alicyclic amines) is 1. The molecule has 234 valence electrons. The van der Waals surface area contributed by atoms with Gasteiger partial charge in [0.2, 0.25) is 0 Å². The number of hydrogen-bond acceptors (Lipinski definition) is 4. The maximum Gasteiger partial charge on any atom is 0.410 e. The van der Waals surface area contributed by atoms with E-state index < -0.39 is 11.6 Å². The van der Waals surface area contributed by atoms with E-state index >= 15 is 0 Å². The molecular weight excluding hydrogens is 554 g/mol. The molecule has 0 unspecified atom stereocenters. The number of rotatable bonds is 7. The fourth-order valence-corrected chi connectivity index (χ4v) is 6.80. The number of nitrogens with zero attached hydrogens (tertiary/aromatic N) is 2. The number of ether oxygens (including phenoxy) is 1. The van der Waals surface area contributed by atoms with Gasteiger partial charge in [0.05, 0.1) is 12.0 Å². The molecule has 3 aromatic carbocycles. The maximum absolute atomic E-state index is 13.9. The Labute approximate surface area is 260 Å². The Hall–Kier alpha value is -4.07. The van der Waals surface area contributed by atoms with E-state index in [0.29, 0.717) is 45.3 Å². The molecule has 2 fully saturated rings. The average Bonchev–Trinajstić information content (AvgIpc) is 3.43. The zero-order valence-electron chi connectivity index (χ0n) is 26.2. The number of hydrogen-bond donors (Lipinski definition) is 2. The zero-order chi connectivity index (χ0) is 31.4. The molecule has 3 aromatic rings. The van der Waals surface area contributed by atoms with Crippen LogP contribution in [-0.2, 0) is 9.53 Å². The third-order valence-corrected chi connectivity index (χ3v) is 9.16. The molecule has 1 heterocycles. The predicted octanol–water partition coefficient (Wildman–Crippen LogP) is 7.21. The van der Waals surface area contributed by atoms with Gasteiger partial charge in [0.1, 0.15) is 5.60 Å². The van der Waals surface area contributed by atoms with Crippen LogP contribution in [0.4, 0.5) is 9.59 Å². The average molecular weight is 600 g/mol. The quantitative estimate of drug-likeness (QED) is 0.299. The minimum atomic E-state index is -0.755. The summed E-state index contributed by atoms with van der Waals surface area (Å²) in [5, 5.41) is 14.7. The van der Waals surface area contributed by atoms with Crippen molar-refractivity contribution in [2.45, 2.75) is 77.0 Å². The molecule has 1 aliphatic heterocycles. The lowest BCUT2D eigenvalue weighted by molar-refractivity contribution is -0.142. The number of carboxylic acids is 1. The summed E-state index contributed by atoms with van der Waals surface area (Å²) in [4.78, 5) is 42.5. The summed E-state index contributed by atoms with van der Waals surface area (Å²) < 4.78 is 5.96. The number of nitrogens with one attached hydrogen (secondary N) is 1. The number of carbonyl (C=O) groups excluding carboxylic acids is 2. The molecule has 2 N–H and O–H groups in total. The Morgan fingerprint density at radius 3 is 2.27 bits per heavy atom. The molecule has 44 heavy (non-hydrogen) atoms. The first-order valence-electron chi connectivity index (χ1n) is 15.8. The van der Waals surface area contributed by atoms with Crippen molar-refractivity contribution in [3.05, 3.63) is 83.9 Å². The summed E-state index contributed by atoms with van der Waals surface area (Å²) in [6.07, 6.45) is 2.11. The van der Waals surface area contributed by atoms with Gasteiger partial charge in [-0.25, -0.2) is 9.59 Å². The monoisotopic (exact) mass is 599 g/mol. The number of aliphatic carboxylic acids is 1. The molecular formula is C36H45N3O5. The van der Waals surface area contributed by atoms with Crippen LogP contribution < -0.4 is 5.32 Å². The van der Waals surface area contributed by atoms with Crippen molar-refractivity contribution in [3.63, 3.8) is 0 Å². The highest BCUT2D eigenvalue weighted by molar-refractivity contribution is 5.86. The molecule has 1 aliphatic carbocycles. The first-order chi connectivity index (χ1) is 21.0. The van der Waals surface area contributed by atoms with E-state index in [1.165, 1.54) is 0 Å². The van der Waals surface area contributed by atoms with Gasteiger partial charge in [0.15, 0.2) is 0 Å². The Morgan fingerprint density at radius 1 is 0.932 bits per heavy atom. The molecule has 0 aromatic heterocycles. The van der Waals surface area contributed by atoms with Crippen molar-refractivity contribution in [2.24, 2.45) is 11.8 Å². The normalized spacial score (nSPS) is 22.8. The van der Waals surface area contributed by atoms with Gasteiger partial charge in [-0.05, 0) is 75.3 Å². The van der Waals surface area contributed by atoms with Gasteiger partial charge < -0.3 is 25.0 Å². The smallest absolute Gasteiger partial charge is 0.410 e. The van der Waals surface area contributed by atoms with Crippen LogP contribution >= 0.6 is 0 Å². The van der Waals surface area contributed by atoms with Crippen LogP contribution in [0.2, 0.25) is 0 Å². The summed E-state index contributed by atoms with van der Waals surface area (Å²) in [7, 11) is 0. The van der Waals surface area contributed by atoms with Gasteiger partial charge in [-0.1, -0.05) is 72.8 Å². The van der Waals surface area contributed by atoms with E-state index in [-0.39, 0.29) is 42.0 Å². The molecule has 8 heteroatoms. The Kier molecular flexibility index (Phi) is 9.47. The highest BCUT2D eigenvalue weighted by Gasteiger charge is 2.40. The van der Waals surface area contributed by atoms with Gasteiger partial charge >= 0.3 is 18.1 Å². The van der Waals surface area contributed by atoms with Crippen molar-refractivity contribution in [1.29, 1.82) is 0 Å². The highest BCUT2D eigenvalue weighted by atomic mass is 16.6. The summed E-state index contributed by atoms with van der Waals surface area (Å²) in [6, 6.07) is 24.2. The molecule has 0 radical (unpaired) electrons. The summed E-state index contributed by atoms with van der Waals surface area (Å²) >= 11 is 0. The van der Waals surface area contributed by atoms with Gasteiger partial charge in [-0.2, -0.15) is 0 Å². The molecule has 0 bridgehead atoms.